The number of amides is 3. The van der Waals surface area contributed by atoms with Crippen molar-refractivity contribution in [3.63, 3.8) is 0 Å². The summed E-state index contributed by atoms with van der Waals surface area (Å²) in [6.45, 7) is 4.28. The molecule has 4 aliphatic rings. The van der Waals surface area contributed by atoms with Crippen molar-refractivity contribution >= 4 is 34.8 Å². The first-order chi connectivity index (χ1) is 15.8. The third-order valence-electron chi connectivity index (χ3n) is 7.79. The maximum atomic E-state index is 14.0. The van der Waals surface area contributed by atoms with Gasteiger partial charge in [-0.1, -0.05) is 23.8 Å². The van der Waals surface area contributed by atoms with Crippen molar-refractivity contribution < 1.29 is 19.3 Å². The summed E-state index contributed by atoms with van der Waals surface area (Å²) in [5, 5.41) is 14.3. The van der Waals surface area contributed by atoms with Gasteiger partial charge in [-0.25, -0.2) is 4.90 Å². The number of fused-ring (bicyclic) bond motifs is 7. The maximum absolute atomic E-state index is 14.0. The summed E-state index contributed by atoms with van der Waals surface area (Å²) in [4.78, 5) is 55.4. The van der Waals surface area contributed by atoms with E-state index >= 15 is 0 Å². The Morgan fingerprint density at radius 1 is 1.09 bits per heavy atom. The van der Waals surface area contributed by atoms with Crippen LogP contribution < -0.4 is 10.2 Å². The normalized spacial score (nSPS) is 30.1. The SMILES string of the molecule is Cc1ccc2c(c1)[C@]1(C(=O)N2)[C@@H]2C(=O)N(c3cc([N+](=O)[O-])ccc3C)C(=O)[C@@H]2[C@@H]2CCCN21. The molecule has 2 aromatic rings. The molecule has 9 nitrogen and oxygen atoms in total. The Morgan fingerprint density at radius 2 is 1.88 bits per heavy atom. The van der Waals surface area contributed by atoms with Crippen molar-refractivity contribution in [2.45, 2.75) is 38.3 Å². The Balaban J connectivity index is 1.56. The van der Waals surface area contributed by atoms with Crippen LogP contribution in [0.5, 0.6) is 0 Å². The molecule has 6 rings (SSSR count). The van der Waals surface area contributed by atoms with E-state index < -0.39 is 28.2 Å². The average molecular weight is 446 g/mol. The molecule has 168 valence electrons. The van der Waals surface area contributed by atoms with Crippen LogP contribution in [0.15, 0.2) is 36.4 Å². The number of nitro groups is 1. The Kier molecular flexibility index (Phi) is 3.93. The number of hydrogen-bond acceptors (Lipinski definition) is 6. The Morgan fingerprint density at radius 3 is 2.64 bits per heavy atom. The molecule has 0 saturated carbocycles. The second-order valence-electron chi connectivity index (χ2n) is 9.42. The second kappa shape index (κ2) is 6.48. The Labute approximate surface area is 189 Å². The molecule has 1 spiro atoms. The van der Waals surface area contributed by atoms with Crippen LogP contribution in [0.25, 0.3) is 0 Å². The molecule has 0 radical (unpaired) electrons. The van der Waals surface area contributed by atoms with E-state index in [-0.39, 0.29) is 29.2 Å². The highest BCUT2D eigenvalue weighted by molar-refractivity contribution is 6.26. The van der Waals surface area contributed by atoms with E-state index in [2.05, 4.69) is 10.2 Å². The molecule has 4 heterocycles. The third kappa shape index (κ3) is 2.32. The largest absolute Gasteiger partial charge is 0.324 e. The highest BCUT2D eigenvalue weighted by Crippen LogP contribution is 2.60. The minimum absolute atomic E-state index is 0.190. The fourth-order valence-electron chi connectivity index (χ4n) is 6.51. The van der Waals surface area contributed by atoms with Gasteiger partial charge in [-0.05, 0) is 44.9 Å². The fraction of sp³-hybridized carbons (Fsp3) is 0.375. The number of rotatable bonds is 2. The van der Waals surface area contributed by atoms with E-state index in [9.17, 15) is 24.5 Å². The van der Waals surface area contributed by atoms with E-state index in [1.165, 1.54) is 12.1 Å². The minimum Gasteiger partial charge on any atom is -0.324 e. The van der Waals surface area contributed by atoms with Gasteiger partial charge in [0.15, 0.2) is 0 Å². The number of anilines is 2. The van der Waals surface area contributed by atoms with E-state index in [4.69, 9.17) is 0 Å². The van der Waals surface area contributed by atoms with Crippen molar-refractivity contribution in [1.29, 1.82) is 0 Å². The van der Waals surface area contributed by atoms with Crippen LogP contribution in [0.1, 0.15) is 29.5 Å². The highest BCUT2D eigenvalue weighted by atomic mass is 16.6. The second-order valence-corrected chi connectivity index (χ2v) is 9.42. The van der Waals surface area contributed by atoms with Crippen LogP contribution in [-0.4, -0.2) is 40.1 Å². The number of carbonyl (C=O) groups excluding carboxylic acids is 3. The first-order valence-electron chi connectivity index (χ1n) is 11.1. The van der Waals surface area contributed by atoms with Gasteiger partial charge in [0.05, 0.1) is 22.4 Å². The molecule has 4 aliphatic heterocycles. The van der Waals surface area contributed by atoms with Gasteiger partial charge < -0.3 is 5.32 Å². The molecule has 3 saturated heterocycles. The number of benzene rings is 2. The van der Waals surface area contributed by atoms with Crippen LogP contribution in [0.4, 0.5) is 17.1 Å². The summed E-state index contributed by atoms with van der Waals surface area (Å²) in [7, 11) is 0. The lowest BCUT2D eigenvalue weighted by Crippen LogP contribution is -2.54. The van der Waals surface area contributed by atoms with Gasteiger partial charge in [-0.15, -0.1) is 0 Å². The summed E-state index contributed by atoms with van der Waals surface area (Å²) >= 11 is 0. The number of nitrogens with one attached hydrogen (secondary N) is 1. The fourth-order valence-corrected chi connectivity index (χ4v) is 6.51. The summed E-state index contributed by atoms with van der Waals surface area (Å²) in [5.41, 5.74) is 1.75. The third-order valence-corrected chi connectivity index (χ3v) is 7.79. The van der Waals surface area contributed by atoms with Crippen molar-refractivity contribution in [2.24, 2.45) is 11.8 Å². The maximum Gasteiger partial charge on any atom is 0.271 e. The molecule has 3 fully saturated rings. The van der Waals surface area contributed by atoms with Gasteiger partial charge in [0, 0.05) is 29.4 Å². The van der Waals surface area contributed by atoms with Crippen molar-refractivity contribution in [3.8, 4) is 0 Å². The van der Waals surface area contributed by atoms with Crippen LogP contribution in [0.3, 0.4) is 0 Å². The van der Waals surface area contributed by atoms with Gasteiger partial charge in [0.2, 0.25) is 17.7 Å². The molecular weight excluding hydrogens is 424 g/mol. The smallest absolute Gasteiger partial charge is 0.271 e. The monoisotopic (exact) mass is 446 g/mol. The zero-order valence-corrected chi connectivity index (χ0v) is 18.2. The number of nitrogens with zero attached hydrogens (tertiary/aromatic N) is 3. The van der Waals surface area contributed by atoms with Crippen LogP contribution >= 0.6 is 0 Å². The van der Waals surface area contributed by atoms with Gasteiger partial charge >= 0.3 is 0 Å². The summed E-state index contributed by atoms with van der Waals surface area (Å²) < 4.78 is 0. The van der Waals surface area contributed by atoms with E-state index in [1.54, 1.807) is 13.0 Å². The molecule has 4 atom stereocenters. The van der Waals surface area contributed by atoms with Crippen LogP contribution in [0.2, 0.25) is 0 Å². The highest BCUT2D eigenvalue weighted by Gasteiger charge is 2.74. The number of carbonyl (C=O) groups is 3. The molecular formula is C24H22N4O5. The number of non-ortho nitro benzene ring substituents is 1. The summed E-state index contributed by atoms with van der Waals surface area (Å²) in [5.74, 6) is -2.67. The summed E-state index contributed by atoms with van der Waals surface area (Å²) in [6.07, 6.45) is 1.56. The zero-order chi connectivity index (χ0) is 23.2. The van der Waals surface area contributed by atoms with Crippen molar-refractivity contribution in [3.05, 3.63) is 63.2 Å². The minimum atomic E-state index is -1.25. The first-order valence-corrected chi connectivity index (χ1v) is 11.1. The number of aryl methyl sites for hydroxylation is 2. The molecule has 0 aromatic heterocycles. The zero-order valence-electron chi connectivity index (χ0n) is 18.2. The molecule has 3 amide bonds. The van der Waals surface area contributed by atoms with Crippen LogP contribution in [0, 0.1) is 35.8 Å². The van der Waals surface area contributed by atoms with E-state index in [0.29, 0.717) is 17.8 Å². The Hall–Kier alpha value is -3.59. The average Bonchev–Trinajstić information content (AvgIpc) is 3.47. The molecule has 0 unspecified atom stereocenters. The van der Waals surface area contributed by atoms with Gasteiger partial charge in [-0.3, -0.25) is 29.4 Å². The summed E-state index contributed by atoms with van der Waals surface area (Å²) in [6, 6.07) is 9.64. The van der Waals surface area contributed by atoms with E-state index in [0.717, 1.165) is 28.9 Å². The molecule has 0 aliphatic carbocycles. The van der Waals surface area contributed by atoms with Crippen LogP contribution in [-0.2, 0) is 19.9 Å². The first kappa shape index (κ1) is 20.0. The number of imide groups is 1. The molecule has 33 heavy (non-hydrogen) atoms. The van der Waals surface area contributed by atoms with Gasteiger partial charge in [0.1, 0.15) is 5.54 Å². The predicted molar refractivity (Wildman–Crippen MR) is 119 cm³/mol. The molecule has 9 heteroatoms. The predicted octanol–water partition coefficient (Wildman–Crippen LogP) is 2.64. The topological polar surface area (TPSA) is 113 Å². The van der Waals surface area contributed by atoms with Gasteiger partial charge in [0.25, 0.3) is 5.69 Å². The number of nitro benzene ring substituents is 1. The lowest BCUT2D eigenvalue weighted by Gasteiger charge is -2.36. The molecule has 1 N–H and O–H groups in total. The lowest BCUT2D eigenvalue weighted by atomic mass is 9.75. The van der Waals surface area contributed by atoms with Gasteiger partial charge in [-0.2, -0.15) is 0 Å². The number of hydrogen-bond donors (Lipinski definition) is 1. The van der Waals surface area contributed by atoms with Crippen molar-refractivity contribution in [1.82, 2.24) is 4.90 Å². The van der Waals surface area contributed by atoms with E-state index in [1.807, 2.05) is 25.1 Å². The standard InChI is InChI=1S/C24H22N4O5/c1-12-5-8-16-15(10-12)24(23(31)25-16)20-19(17-4-3-9-26(17)24)21(29)27(22(20)30)18-11-14(28(32)33)7-6-13(18)2/h5-8,10-11,17,19-20H,3-4,9H2,1-2H3,(H,25,31)/t17-,19+,20-,24+/m0/s1. The van der Waals surface area contributed by atoms with Crippen molar-refractivity contribution in [2.75, 3.05) is 16.8 Å². The lowest BCUT2D eigenvalue weighted by molar-refractivity contribution is -0.384. The molecule has 2 aromatic carbocycles. The quantitative estimate of drug-likeness (QED) is 0.431. The Bertz CT molecular complexity index is 1290. The molecule has 0 bridgehead atoms.